The van der Waals surface area contributed by atoms with Crippen LogP contribution in [0.15, 0.2) is 18.2 Å². The topological polar surface area (TPSA) is 95.9 Å². The maximum atomic E-state index is 11.8. The largest absolute Gasteiger partial charge is 0.505 e. The zero-order valence-electron chi connectivity index (χ0n) is 9.55. The standard InChI is InChI=1S/C12H13NO5/c14-10-7(12(16)17)3-1-4-8(10)13-11(15)9-5-2-6-18-9/h1,3-4,9,14H,2,5-6H2,(H,13,15)(H,16,17)/t9-/m0/s1. The smallest absolute Gasteiger partial charge is 0.339 e. The number of carboxylic acid groups (broad SMARTS) is 1. The number of phenols is 1. The number of benzene rings is 1. The molecule has 0 aromatic heterocycles. The monoisotopic (exact) mass is 251 g/mol. The number of rotatable bonds is 3. The third-order valence-corrected chi connectivity index (χ3v) is 2.75. The molecule has 6 nitrogen and oxygen atoms in total. The number of carboxylic acids is 1. The maximum absolute atomic E-state index is 11.8. The van der Waals surface area contributed by atoms with Crippen molar-refractivity contribution in [3.8, 4) is 5.75 Å². The zero-order chi connectivity index (χ0) is 13.1. The first kappa shape index (κ1) is 12.4. The second-order valence-corrected chi connectivity index (χ2v) is 4.00. The Kier molecular flexibility index (Phi) is 3.47. The first-order chi connectivity index (χ1) is 8.59. The van der Waals surface area contributed by atoms with Gasteiger partial charge < -0.3 is 20.3 Å². The Morgan fingerprint density at radius 2 is 2.17 bits per heavy atom. The van der Waals surface area contributed by atoms with Gasteiger partial charge in [-0.25, -0.2) is 4.79 Å². The molecule has 1 amide bonds. The van der Waals surface area contributed by atoms with Crippen LogP contribution in [0.25, 0.3) is 0 Å². The summed E-state index contributed by atoms with van der Waals surface area (Å²) in [5.74, 6) is -2.07. The molecule has 1 aliphatic rings. The molecule has 0 spiro atoms. The van der Waals surface area contributed by atoms with Crippen LogP contribution in [0.2, 0.25) is 0 Å². The molecule has 3 N–H and O–H groups in total. The molecule has 1 heterocycles. The third-order valence-electron chi connectivity index (χ3n) is 2.75. The minimum atomic E-state index is -1.25. The summed E-state index contributed by atoms with van der Waals surface area (Å²) in [6.07, 6.45) is 0.919. The number of hydrogen-bond donors (Lipinski definition) is 3. The Hall–Kier alpha value is -2.08. The number of carbonyl (C=O) groups excluding carboxylic acids is 1. The Labute approximate surface area is 103 Å². The van der Waals surface area contributed by atoms with Gasteiger partial charge in [-0.2, -0.15) is 0 Å². The number of aromatic carboxylic acids is 1. The fourth-order valence-corrected chi connectivity index (χ4v) is 1.81. The maximum Gasteiger partial charge on any atom is 0.339 e. The molecule has 0 saturated carbocycles. The van der Waals surface area contributed by atoms with E-state index in [1.54, 1.807) is 0 Å². The van der Waals surface area contributed by atoms with Crippen molar-refractivity contribution in [3.05, 3.63) is 23.8 Å². The lowest BCUT2D eigenvalue weighted by Gasteiger charge is -2.12. The van der Waals surface area contributed by atoms with E-state index in [9.17, 15) is 14.7 Å². The van der Waals surface area contributed by atoms with Crippen LogP contribution in [0.4, 0.5) is 5.69 Å². The number of anilines is 1. The van der Waals surface area contributed by atoms with Crippen molar-refractivity contribution in [2.75, 3.05) is 11.9 Å². The summed E-state index contributed by atoms with van der Waals surface area (Å²) in [7, 11) is 0. The molecule has 0 aliphatic carbocycles. The molecule has 1 fully saturated rings. The molecule has 0 unspecified atom stereocenters. The van der Waals surface area contributed by atoms with Gasteiger partial charge in [0.1, 0.15) is 11.7 Å². The van der Waals surface area contributed by atoms with E-state index in [-0.39, 0.29) is 17.2 Å². The normalized spacial score (nSPS) is 18.6. The number of ether oxygens (including phenoxy) is 1. The molecule has 0 bridgehead atoms. The highest BCUT2D eigenvalue weighted by atomic mass is 16.5. The highest BCUT2D eigenvalue weighted by Gasteiger charge is 2.24. The van der Waals surface area contributed by atoms with Gasteiger partial charge in [-0.05, 0) is 25.0 Å². The average molecular weight is 251 g/mol. The van der Waals surface area contributed by atoms with E-state index in [1.807, 2.05) is 0 Å². The highest BCUT2D eigenvalue weighted by molar-refractivity contribution is 5.99. The van der Waals surface area contributed by atoms with Gasteiger partial charge in [0.2, 0.25) is 0 Å². The molecule has 1 atom stereocenters. The van der Waals surface area contributed by atoms with Crippen LogP contribution in [0, 0.1) is 0 Å². The van der Waals surface area contributed by atoms with Crippen molar-refractivity contribution in [1.82, 2.24) is 0 Å². The minimum Gasteiger partial charge on any atom is -0.505 e. The second kappa shape index (κ2) is 5.05. The van der Waals surface area contributed by atoms with Crippen LogP contribution >= 0.6 is 0 Å². The first-order valence-corrected chi connectivity index (χ1v) is 5.57. The highest BCUT2D eigenvalue weighted by Crippen LogP contribution is 2.28. The summed E-state index contributed by atoms with van der Waals surface area (Å²) in [4.78, 5) is 22.6. The van der Waals surface area contributed by atoms with Crippen LogP contribution in [-0.2, 0) is 9.53 Å². The molecule has 2 rings (SSSR count). The Balaban J connectivity index is 2.16. The summed E-state index contributed by atoms with van der Waals surface area (Å²) >= 11 is 0. The SMILES string of the molecule is O=C(O)c1cccc(NC(=O)[C@@H]2CCCO2)c1O. The van der Waals surface area contributed by atoms with Crippen molar-refractivity contribution < 1.29 is 24.5 Å². The molecule has 96 valence electrons. The first-order valence-electron chi connectivity index (χ1n) is 5.57. The van der Waals surface area contributed by atoms with Crippen molar-refractivity contribution in [2.45, 2.75) is 18.9 Å². The number of aromatic hydroxyl groups is 1. The van der Waals surface area contributed by atoms with E-state index in [2.05, 4.69) is 5.32 Å². The van der Waals surface area contributed by atoms with Crippen molar-refractivity contribution in [2.24, 2.45) is 0 Å². The zero-order valence-corrected chi connectivity index (χ0v) is 9.55. The molecule has 6 heteroatoms. The van der Waals surface area contributed by atoms with Crippen LogP contribution in [-0.4, -0.2) is 34.8 Å². The van der Waals surface area contributed by atoms with E-state index in [4.69, 9.17) is 9.84 Å². The van der Waals surface area contributed by atoms with Gasteiger partial charge in [0.25, 0.3) is 5.91 Å². The molecule has 18 heavy (non-hydrogen) atoms. The molecule has 1 saturated heterocycles. The van der Waals surface area contributed by atoms with Crippen molar-refractivity contribution in [3.63, 3.8) is 0 Å². The van der Waals surface area contributed by atoms with Gasteiger partial charge in [-0.1, -0.05) is 6.07 Å². The van der Waals surface area contributed by atoms with Gasteiger partial charge in [0, 0.05) is 6.61 Å². The average Bonchev–Trinajstić information content (AvgIpc) is 2.85. The minimum absolute atomic E-state index is 0.0791. The fraction of sp³-hybridized carbons (Fsp3) is 0.333. The van der Waals surface area contributed by atoms with E-state index >= 15 is 0 Å². The van der Waals surface area contributed by atoms with Crippen molar-refractivity contribution >= 4 is 17.6 Å². The molecule has 1 aromatic carbocycles. The molecule has 1 aliphatic heterocycles. The Bertz CT molecular complexity index is 479. The summed E-state index contributed by atoms with van der Waals surface area (Å²) in [6.45, 7) is 0.541. The molecular formula is C12H13NO5. The van der Waals surface area contributed by atoms with E-state index in [0.717, 1.165) is 6.42 Å². The van der Waals surface area contributed by atoms with E-state index in [1.165, 1.54) is 18.2 Å². The summed E-state index contributed by atoms with van der Waals surface area (Å²) in [5.41, 5.74) is -0.171. The summed E-state index contributed by atoms with van der Waals surface area (Å²) in [6, 6.07) is 4.16. The molecular weight excluding hydrogens is 238 g/mol. The Morgan fingerprint density at radius 1 is 1.39 bits per heavy atom. The predicted octanol–water partition coefficient (Wildman–Crippen LogP) is 1.21. The summed E-state index contributed by atoms with van der Waals surface area (Å²) in [5, 5.41) is 21.0. The van der Waals surface area contributed by atoms with Gasteiger partial charge >= 0.3 is 5.97 Å². The number of hydrogen-bond acceptors (Lipinski definition) is 4. The lowest BCUT2D eigenvalue weighted by Crippen LogP contribution is -2.27. The third kappa shape index (κ3) is 2.43. The van der Waals surface area contributed by atoms with E-state index < -0.39 is 17.8 Å². The van der Waals surface area contributed by atoms with Crippen LogP contribution in [0.5, 0.6) is 5.75 Å². The number of para-hydroxylation sites is 1. The van der Waals surface area contributed by atoms with Gasteiger partial charge in [0.05, 0.1) is 5.69 Å². The predicted molar refractivity (Wildman–Crippen MR) is 62.7 cm³/mol. The van der Waals surface area contributed by atoms with Gasteiger partial charge in [0.15, 0.2) is 5.75 Å². The van der Waals surface area contributed by atoms with Crippen LogP contribution in [0.3, 0.4) is 0 Å². The number of nitrogens with one attached hydrogen (secondary N) is 1. The number of carbonyl (C=O) groups is 2. The lowest BCUT2D eigenvalue weighted by molar-refractivity contribution is -0.124. The quantitative estimate of drug-likeness (QED) is 0.702. The van der Waals surface area contributed by atoms with Crippen LogP contribution < -0.4 is 5.32 Å². The molecule has 1 aromatic rings. The summed E-state index contributed by atoms with van der Waals surface area (Å²) < 4.78 is 5.19. The molecule has 0 radical (unpaired) electrons. The van der Waals surface area contributed by atoms with Gasteiger partial charge in [-0.3, -0.25) is 4.79 Å². The Morgan fingerprint density at radius 3 is 2.78 bits per heavy atom. The van der Waals surface area contributed by atoms with E-state index in [0.29, 0.717) is 13.0 Å². The van der Waals surface area contributed by atoms with Gasteiger partial charge in [-0.15, -0.1) is 0 Å². The second-order valence-electron chi connectivity index (χ2n) is 4.00. The van der Waals surface area contributed by atoms with Crippen LogP contribution in [0.1, 0.15) is 23.2 Å². The fourth-order valence-electron chi connectivity index (χ4n) is 1.81. The van der Waals surface area contributed by atoms with Crippen molar-refractivity contribution in [1.29, 1.82) is 0 Å². The lowest BCUT2D eigenvalue weighted by atomic mass is 10.1. The number of amides is 1.